The van der Waals surface area contributed by atoms with E-state index < -0.39 is 0 Å². The number of aryl methyl sites for hydroxylation is 1. The Kier molecular flexibility index (Phi) is 6.21. The smallest absolute Gasteiger partial charge is 0.194 e. The predicted molar refractivity (Wildman–Crippen MR) is 116 cm³/mol. The number of likely N-dealkylation sites (tertiary alicyclic amines) is 1. The van der Waals surface area contributed by atoms with E-state index in [2.05, 4.69) is 58.8 Å². The quantitative estimate of drug-likeness (QED) is 0.428. The molecule has 1 aliphatic carbocycles. The van der Waals surface area contributed by atoms with Gasteiger partial charge in [-0.05, 0) is 30.9 Å². The van der Waals surface area contributed by atoms with Crippen molar-refractivity contribution in [1.82, 2.24) is 20.0 Å². The first-order valence-electron chi connectivity index (χ1n) is 9.34. The molecule has 1 saturated heterocycles. The number of rotatable bonds is 4. The minimum atomic E-state index is 0. The summed E-state index contributed by atoms with van der Waals surface area (Å²) < 4.78 is 1.89. The maximum atomic E-state index is 4.76. The Morgan fingerprint density at radius 2 is 2.08 bits per heavy atom. The maximum absolute atomic E-state index is 4.76. The number of nitrogens with one attached hydrogen (secondary N) is 1. The SMILES string of the molecule is CCN=C(NC1CC1c1ccccc1)N1CCC(c2cnn(C)c2)C1.I. The van der Waals surface area contributed by atoms with Gasteiger partial charge in [-0.1, -0.05) is 30.3 Å². The molecule has 1 saturated carbocycles. The normalized spacial score (nSPS) is 25.1. The summed E-state index contributed by atoms with van der Waals surface area (Å²) in [7, 11) is 1.98. The minimum absolute atomic E-state index is 0. The van der Waals surface area contributed by atoms with E-state index in [1.807, 2.05) is 17.9 Å². The Bertz CT molecular complexity index is 742. The Hall–Kier alpha value is -1.57. The van der Waals surface area contributed by atoms with Crippen LogP contribution in [-0.2, 0) is 7.05 Å². The highest BCUT2D eigenvalue weighted by atomic mass is 127. The van der Waals surface area contributed by atoms with Gasteiger partial charge in [-0.2, -0.15) is 5.10 Å². The van der Waals surface area contributed by atoms with Crippen molar-refractivity contribution in [3.63, 3.8) is 0 Å². The van der Waals surface area contributed by atoms with Crippen LogP contribution in [0, 0.1) is 0 Å². The van der Waals surface area contributed by atoms with Crippen LogP contribution in [0.3, 0.4) is 0 Å². The highest BCUT2D eigenvalue weighted by molar-refractivity contribution is 14.0. The molecule has 0 amide bonds. The zero-order chi connectivity index (χ0) is 17.2. The molecule has 3 unspecified atom stereocenters. The molecule has 0 radical (unpaired) electrons. The molecule has 26 heavy (non-hydrogen) atoms. The summed E-state index contributed by atoms with van der Waals surface area (Å²) in [5.41, 5.74) is 2.78. The number of hydrogen-bond donors (Lipinski definition) is 1. The molecule has 1 aromatic carbocycles. The molecule has 6 heteroatoms. The lowest BCUT2D eigenvalue weighted by molar-refractivity contribution is 0.483. The monoisotopic (exact) mass is 465 g/mol. The van der Waals surface area contributed by atoms with Gasteiger partial charge in [0.05, 0.1) is 6.20 Å². The first-order valence-corrected chi connectivity index (χ1v) is 9.34. The fourth-order valence-electron chi connectivity index (χ4n) is 3.85. The van der Waals surface area contributed by atoms with E-state index in [9.17, 15) is 0 Å². The largest absolute Gasteiger partial charge is 0.353 e. The molecule has 2 fully saturated rings. The topological polar surface area (TPSA) is 45.5 Å². The fraction of sp³-hybridized carbons (Fsp3) is 0.500. The van der Waals surface area contributed by atoms with Gasteiger partial charge in [0.15, 0.2) is 5.96 Å². The van der Waals surface area contributed by atoms with Gasteiger partial charge in [-0.25, -0.2) is 0 Å². The van der Waals surface area contributed by atoms with Gasteiger partial charge >= 0.3 is 0 Å². The average Bonchev–Trinajstić information content (AvgIpc) is 3.02. The van der Waals surface area contributed by atoms with Crippen LogP contribution in [0.25, 0.3) is 0 Å². The number of hydrogen-bond acceptors (Lipinski definition) is 2. The van der Waals surface area contributed by atoms with Crippen LogP contribution in [0.15, 0.2) is 47.7 Å². The molecule has 3 atom stereocenters. The molecule has 2 heterocycles. The molecule has 5 nitrogen and oxygen atoms in total. The second-order valence-corrected chi connectivity index (χ2v) is 7.18. The van der Waals surface area contributed by atoms with Crippen molar-refractivity contribution >= 4 is 29.9 Å². The highest BCUT2D eigenvalue weighted by Gasteiger charge is 2.40. The highest BCUT2D eigenvalue weighted by Crippen LogP contribution is 2.41. The summed E-state index contributed by atoms with van der Waals surface area (Å²) in [6.07, 6.45) is 6.52. The van der Waals surface area contributed by atoms with Crippen LogP contribution >= 0.6 is 24.0 Å². The second-order valence-electron chi connectivity index (χ2n) is 7.18. The Morgan fingerprint density at radius 3 is 2.77 bits per heavy atom. The third-order valence-electron chi connectivity index (χ3n) is 5.32. The van der Waals surface area contributed by atoms with Crippen molar-refractivity contribution in [2.24, 2.45) is 12.0 Å². The van der Waals surface area contributed by atoms with Gasteiger partial charge in [0.2, 0.25) is 0 Å². The van der Waals surface area contributed by atoms with Gasteiger partial charge in [0.25, 0.3) is 0 Å². The molecule has 1 N–H and O–H groups in total. The molecule has 2 aliphatic rings. The van der Waals surface area contributed by atoms with Gasteiger partial charge in [-0.15, -0.1) is 24.0 Å². The van der Waals surface area contributed by atoms with Crippen LogP contribution in [0.4, 0.5) is 0 Å². The number of guanidine groups is 1. The lowest BCUT2D eigenvalue weighted by Crippen LogP contribution is -2.41. The second kappa shape index (κ2) is 8.41. The molecular formula is C20H28IN5. The number of aromatic nitrogens is 2. The number of benzene rings is 1. The molecule has 0 spiro atoms. The molecule has 2 aromatic rings. The first-order chi connectivity index (χ1) is 12.2. The maximum Gasteiger partial charge on any atom is 0.194 e. The average molecular weight is 465 g/mol. The van der Waals surface area contributed by atoms with Crippen LogP contribution in [0.5, 0.6) is 0 Å². The van der Waals surface area contributed by atoms with Crippen molar-refractivity contribution in [3.05, 3.63) is 53.9 Å². The van der Waals surface area contributed by atoms with Crippen molar-refractivity contribution in [3.8, 4) is 0 Å². The van der Waals surface area contributed by atoms with Crippen molar-refractivity contribution in [2.45, 2.75) is 37.6 Å². The number of halogens is 1. The third kappa shape index (κ3) is 4.22. The standard InChI is InChI=1S/C20H27N5.HI/c1-3-21-20(23-19-11-18(19)15-7-5-4-6-8-15)25-10-9-16(14-25)17-12-22-24(2)13-17;/h4-8,12-13,16,18-19H,3,9-11,14H2,1-2H3,(H,21,23);1H. The van der Waals surface area contributed by atoms with Gasteiger partial charge in [0.1, 0.15) is 0 Å². The van der Waals surface area contributed by atoms with Gasteiger partial charge in [-0.3, -0.25) is 9.67 Å². The van der Waals surface area contributed by atoms with Crippen molar-refractivity contribution < 1.29 is 0 Å². The predicted octanol–water partition coefficient (Wildman–Crippen LogP) is 3.35. The van der Waals surface area contributed by atoms with E-state index in [4.69, 9.17) is 4.99 Å². The summed E-state index contributed by atoms with van der Waals surface area (Å²) in [6, 6.07) is 11.3. The molecule has 4 rings (SSSR count). The van der Waals surface area contributed by atoms with E-state index in [1.165, 1.54) is 24.0 Å². The Labute approximate surface area is 172 Å². The molecule has 1 aromatic heterocycles. The number of nitrogens with zero attached hydrogens (tertiary/aromatic N) is 4. The summed E-state index contributed by atoms with van der Waals surface area (Å²) in [6.45, 7) is 5.02. The Balaban J connectivity index is 0.00000196. The van der Waals surface area contributed by atoms with Crippen molar-refractivity contribution in [1.29, 1.82) is 0 Å². The van der Waals surface area contributed by atoms with Crippen LogP contribution < -0.4 is 5.32 Å². The van der Waals surface area contributed by atoms with E-state index in [1.54, 1.807) is 0 Å². The molecule has 0 bridgehead atoms. The minimum Gasteiger partial charge on any atom is -0.353 e. The summed E-state index contributed by atoms with van der Waals surface area (Å²) in [5.74, 6) is 2.26. The van der Waals surface area contributed by atoms with Crippen molar-refractivity contribution in [2.75, 3.05) is 19.6 Å². The first kappa shape index (κ1) is 19.2. The van der Waals surface area contributed by atoms with E-state index in [0.717, 1.165) is 25.6 Å². The zero-order valence-electron chi connectivity index (χ0n) is 15.5. The third-order valence-corrected chi connectivity index (χ3v) is 5.32. The lowest BCUT2D eigenvalue weighted by Gasteiger charge is -2.22. The van der Waals surface area contributed by atoms with Gasteiger partial charge < -0.3 is 10.2 Å². The van der Waals surface area contributed by atoms with Crippen LogP contribution in [0.2, 0.25) is 0 Å². The zero-order valence-corrected chi connectivity index (χ0v) is 17.8. The van der Waals surface area contributed by atoms with Crippen LogP contribution in [-0.4, -0.2) is 46.3 Å². The number of aliphatic imine (C=N–C) groups is 1. The fourth-order valence-corrected chi connectivity index (χ4v) is 3.85. The lowest BCUT2D eigenvalue weighted by atomic mass is 10.0. The van der Waals surface area contributed by atoms with Gasteiger partial charge in [0, 0.05) is 50.8 Å². The molecule has 1 aliphatic heterocycles. The summed E-state index contributed by atoms with van der Waals surface area (Å²) >= 11 is 0. The summed E-state index contributed by atoms with van der Waals surface area (Å²) in [4.78, 5) is 7.18. The van der Waals surface area contributed by atoms with E-state index >= 15 is 0 Å². The van der Waals surface area contributed by atoms with E-state index in [0.29, 0.717) is 17.9 Å². The van der Waals surface area contributed by atoms with E-state index in [-0.39, 0.29) is 24.0 Å². The van der Waals surface area contributed by atoms with Crippen LogP contribution in [0.1, 0.15) is 42.7 Å². The summed E-state index contributed by atoms with van der Waals surface area (Å²) in [5, 5.41) is 8.04. The Morgan fingerprint density at radius 1 is 1.27 bits per heavy atom. The molecular weight excluding hydrogens is 437 g/mol. The molecule has 140 valence electrons.